The Hall–Kier alpha value is -3.52. The molecule has 2 aromatic carbocycles. The van der Waals surface area contributed by atoms with Gasteiger partial charge in [-0.05, 0) is 30.4 Å². The van der Waals surface area contributed by atoms with Crippen LogP contribution in [0.25, 0.3) is 11.1 Å². The lowest BCUT2D eigenvalue weighted by molar-refractivity contribution is -0.143. The van der Waals surface area contributed by atoms with Crippen LogP contribution in [0.15, 0.2) is 42.5 Å². The van der Waals surface area contributed by atoms with Gasteiger partial charge in [0.1, 0.15) is 12.1 Å². The van der Waals surface area contributed by atoms with Crippen LogP contribution in [0.1, 0.15) is 53.0 Å². The molecule has 168 valence electrons. The predicted molar refractivity (Wildman–Crippen MR) is 118 cm³/mol. The minimum atomic E-state index is -1.19. The molecule has 2 aromatic rings. The van der Waals surface area contributed by atoms with E-state index in [-0.39, 0.29) is 31.1 Å². The molecule has 0 heterocycles. The van der Waals surface area contributed by atoms with E-state index in [1.807, 2.05) is 13.8 Å². The topological polar surface area (TPSA) is 133 Å². The van der Waals surface area contributed by atoms with E-state index in [9.17, 15) is 29.4 Å². The highest BCUT2D eigenvalue weighted by Gasteiger charge is 2.30. The van der Waals surface area contributed by atoms with Crippen LogP contribution in [-0.4, -0.2) is 52.5 Å². The minimum absolute atomic E-state index is 0.00743. The number of rotatable bonds is 10. The van der Waals surface area contributed by atoms with Crippen LogP contribution in [0.3, 0.4) is 0 Å². The summed E-state index contributed by atoms with van der Waals surface area (Å²) in [4.78, 5) is 48.5. The second-order valence-electron chi connectivity index (χ2n) is 8.23. The van der Waals surface area contributed by atoms with Gasteiger partial charge in [-0.25, -0.2) is 0 Å². The minimum Gasteiger partial charge on any atom is -0.480 e. The Morgan fingerprint density at radius 3 is 2.12 bits per heavy atom. The van der Waals surface area contributed by atoms with Crippen molar-refractivity contribution in [3.05, 3.63) is 59.2 Å². The van der Waals surface area contributed by atoms with Gasteiger partial charge < -0.3 is 15.5 Å². The summed E-state index contributed by atoms with van der Waals surface area (Å²) in [5.74, 6) is -2.78. The van der Waals surface area contributed by atoms with Gasteiger partial charge >= 0.3 is 11.9 Å². The average Bonchev–Trinajstić information content (AvgIpc) is 3.04. The van der Waals surface area contributed by atoms with E-state index in [4.69, 9.17) is 0 Å². The highest BCUT2D eigenvalue weighted by atomic mass is 16.4. The SMILES string of the molecule is CC(C)CC(NC(CCNC(=O)c1cccc2c1-c1ccccc1C2=O)C(=O)O)C(=O)O. The number of benzene rings is 2. The zero-order valence-corrected chi connectivity index (χ0v) is 17.9. The number of carboxylic acids is 2. The van der Waals surface area contributed by atoms with Gasteiger partial charge in [-0.3, -0.25) is 24.5 Å². The first-order valence-corrected chi connectivity index (χ1v) is 10.5. The first-order chi connectivity index (χ1) is 15.2. The van der Waals surface area contributed by atoms with Crippen molar-refractivity contribution >= 4 is 23.6 Å². The summed E-state index contributed by atoms with van der Waals surface area (Å²) >= 11 is 0. The molecule has 0 saturated carbocycles. The van der Waals surface area contributed by atoms with Crippen LogP contribution in [0.5, 0.6) is 0 Å². The number of aliphatic carboxylic acids is 2. The van der Waals surface area contributed by atoms with Gasteiger partial charge in [0.15, 0.2) is 5.78 Å². The summed E-state index contributed by atoms with van der Waals surface area (Å²) in [5, 5.41) is 24.2. The van der Waals surface area contributed by atoms with Gasteiger partial charge in [0.2, 0.25) is 0 Å². The lowest BCUT2D eigenvalue weighted by Gasteiger charge is -2.22. The number of fused-ring (bicyclic) bond motifs is 3. The van der Waals surface area contributed by atoms with Crippen molar-refractivity contribution < 1.29 is 29.4 Å². The lowest BCUT2D eigenvalue weighted by Crippen LogP contribution is -2.49. The summed E-state index contributed by atoms with van der Waals surface area (Å²) in [6.45, 7) is 3.74. The molecule has 0 spiro atoms. The van der Waals surface area contributed by atoms with Gasteiger partial charge in [0, 0.05) is 28.8 Å². The maximum absolute atomic E-state index is 12.9. The largest absolute Gasteiger partial charge is 0.480 e. The number of carbonyl (C=O) groups is 4. The molecule has 0 bridgehead atoms. The molecule has 3 rings (SSSR count). The molecule has 0 fully saturated rings. The molecule has 1 aliphatic carbocycles. The van der Waals surface area contributed by atoms with E-state index in [1.165, 1.54) is 0 Å². The number of ketones is 1. The van der Waals surface area contributed by atoms with Gasteiger partial charge in [0.25, 0.3) is 5.91 Å². The molecule has 0 radical (unpaired) electrons. The van der Waals surface area contributed by atoms with Crippen LogP contribution in [0.2, 0.25) is 0 Å². The first-order valence-electron chi connectivity index (χ1n) is 10.5. The Bertz CT molecular complexity index is 1060. The summed E-state index contributed by atoms with van der Waals surface area (Å²) in [5.41, 5.74) is 2.61. The molecule has 0 saturated heterocycles. The molecule has 32 heavy (non-hydrogen) atoms. The Labute approximate surface area is 185 Å². The van der Waals surface area contributed by atoms with E-state index < -0.39 is 29.9 Å². The van der Waals surface area contributed by atoms with E-state index in [1.54, 1.807) is 42.5 Å². The highest BCUT2D eigenvalue weighted by Crippen LogP contribution is 2.38. The van der Waals surface area contributed by atoms with Crippen LogP contribution >= 0.6 is 0 Å². The van der Waals surface area contributed by atoms with Crippen molar-refractivity contribution in [1.29, 1.82) is 0 Å². The van der Waals surface area contributed by atoms with Gasteiger partial charge in [-0.15, -0.1) is 0 Å². The second kappa shape index (κ2) is 9.74. The number of hydrogen-bond donors (Lipinski definition) is 4. The summed E-state index contributed by atoms with van der Waals surface area (Å²) in [6, 6.07) is 9.91. The van der Waals surface area contributed by atoms with Crippen LogP contribution in [0.4, 0.5) is 0 Å². The number of carboxylic acid groups (broad SMARTS) is 2. The smallest absolute Gasteiger partial charge is 0.320 e. The molecule has 2 atom stereocenters. The molecule has 2 unspecified atom stereocenters. The van der Waals surface area contributed by atoms with E-state index in [2.05, 4.69) is 10.6 Å². The fourth-order valence-electron chi connectivity index (χ4n) is 3.92. The van der Waals surface area contributed by atoms with Gasteiger partial charge in [-0.2, -0.15) is 0 Å². The Kier molecular flexibility index (Phi) is 7.05. The van der Waals surface area contributed by atoms with Crippen LogP contribution < -0.4 is 10.6 Å². The third-order valence-electron chi connectivity index (χ3n) is 5.42. The quantitative estimate of drug-likeness (QED) is 0.382. The Balaban J connectivity index is 1.70. The van der Waals surface area contributed by atoms with Crippen molar-refractivity contribution in [2.45, 2.75) is 38.8 Å². The molecule has 4 N–H and O–H groups in total. The molecular formula is C24H26N2O6. The van der Waals surface area contributed by atoms with Crippen LogP contribution in [0, 0.1) is 5.92 Å². The summed E-state index contributed by atoms with van der Waals surface area (Å²) in [6.07, 6.45) is 0.294. The molecule has 1 aliphatic rings. The molecule has 0 aliphatic heterocycles. The maximum Gasteiger partial charge on any atom is 0.320 e. The fourth-order valence-corrected chi connectivity index (χ4v) is 3.92. The molecule has 1 amide bonds. The van der Waals surface area contributed by atoms with E-state index in [0.717, 1.165) is 0 Å². The Morgan fingerprint density at radius 1 is 0.875 bits per heavy atom. The van der Waals surface area contributed by atoms with Crippen molar-refractivity contribution in [2.24, 2.45) is 5.92 Å². The Morgan fingerprint density at radius 2 is 1.50 bits per heavy atom. The monoisotopic (exact) mass is 438 g/mol. The molecule has 8 heteroatoms. The third-order valence-corrected chi connectivity index (χ3v) is 5.42. The van der Waals surface area contributed by atoms with E-state index in [0.29, 0.717) is 27.8 Å². The van der Waals surface area contributed by atoms with Crippen molar-refractivity contribution in [1.82, 2.24) is 10.6 Å². The van der Waals surface area contributed by atoms with E-state index >= 15 is 0 Å². The van der Waals surface area contributed by atoms with Crippen molar-refractivity contribution in [3.63, 3.8) is 0 Å². The second-order valence-corrected chi connectivity index (χ2v) is 8.23. The lowest BCUT2D eigenvalue weighted by atomic mass is 9.99. The number of nitrogens with one attached hydrogen (secondary N) is 2. The number of carbonyl (C=O) groups excluding carboxylic acids is 2. The number of amides is 1. The predicted octanol–water partition coefficient (Wildman–Crippen LogP) is 2.56. The zero-order valence-electron chi connectivity index (χ0n) is 17.9. The molecule has 0 aromatic heterocycles. The maximum atomic E-state index is 12.9. The molecule has 8 nitrogen and oxygen atoms in total. The summed E-state index contributed by atoms with van der Waals surface area (Å²) in [7, 11) is 0. The third kappa shape index (κ3) is 4.86. The number of hydrogen-bond acceptors (Lipinski definition) is 5. The van der Waals surface area contributed by atoms with Gasteiger partial charge in [0.05, 0.1) is 0 Å². The van der Waals surface area contributed by atoms with Crippen molar-refractivity contribution in [3.8, 4) is 11.1 Å². The first kappa shape index (κ1) is 23.1. The zero-order chi connectivity index (χ0) is 23.4. The average molecular weight is 438 g/mol. The standard InChI is InChI=1S/C24H26N2O6/c1-13(2)12-19(24(31)32)26-18(23(29)30)10-11-25-22(28)17-9-5-8-16-20(17)14-6-3-4-7-15(14)21(16)27/h3-9,13,18-19,26H,10-12H2,1-2H3,(H,25,28)(H,29,30)(H,31,32). The summed E-state index contributed by atoms with van der Waals surface area (Å²) < 4.78 is 0. The normalized spacial score (nSPS) is 13.9. The molecular weight excluding hydrogens is 412 g/mol. The fraction of sp³-hybridized carbons (Fsp3) is 0.333. The van der Waals surface area contributed by atoms with Crippen molar-refractivity contribution in [2.75, 3.05) is 6.54 Å². The van der Waals surface area contributed by atoms with Crippen LogP contribution in [-0.2, 0) is 9.59 Å². The van der Waals surface area contributed by atoms with Gasteiger partial charge in [-0.1, -0.05) is 50.2 Å². The highest BCUT2D eigenvalue weighted by molar-refractivity contribution is 6.24.